The average Bonchev–Trinajstić information content (AvgIpc) is 3.02. The van der Waals surface area contributed by atoms with Crippen molar-refractivity contribution in [3.8, 4) is 0 Å². The topological polar surface area (TPSA) is 96.0 Å². The van der Waals surface area contributed by atoms with Gasteiger partial charge in [-0.25, -0.2) is 0 Å². The zero-order chi connectivity index (χ0) is 33.9. The lowest BCUT2D eigenvalue weighted by molar-refractivity contribution is -0.167. The van der Waals surface area contributed by atoms with Gasteiger partial charge in [-0.3, -0.25) is 19.2 Å². The van der Waals surface area contributed by atoms with E-state index in [0.717, 1.165) is 38.5 Å². The van der Waals surface area contributed by atoms with Gasteiger partial charge in [0.25, 0.3) is 0 Å². The van der Waals surface area contributed by atoms with Crippen molar-refractivity contribution < 1.29 is 33.4 Å². The average molecular weight is 653 g/mol. The molecule has 0 rings (SSSR count). The summed E-state index contributed by atoms with van der Waals surface area (Å²) < 4.78 is 16.0. The predicted octanol–water partition coefficient (Wildman–Crippen LogP) is 10.9. The van der Waals surface area contributed by atoms with Crippen LogP contribution in [-0.4, -0.2) is 43.0 Å². The van der Waals surface area contributed by atoms with Crippen molar-refractivity contribution in [3.05, 3.63) is 0 Å². The van der Waals surface area contributed by atoms with Gasteiger partial charge in [0.1, 0.15) is 25.4 Å². The molecule has 0 N–H and O–H groups in total. The Morgan fingerprint density at radius 2 is 0.717 bits per heavy atom. The van der Waals surface area contributed by atoms with Crippen LogP contribution in [0, 0.1) is 0 Å². The third kappa shape index (κ3) is 33.4. The van der Waals surface area contributed by atoms with Gasteiger partial charge < -0.3 is 14.2 Å². The van der Waals surface area contributed by atoms with Gasteiger partial charge in [0.15, 0.2) is 6.10 Å². The highest BCUT2D eigenvalue weighted by atomic mass is 16.6. The molecule has 0 saturated carbocycles. The molecule has 1 atom stereocenters. The quantitative estimate of drug-likeness (QED) is 0.0291. The van der Waals surface area contributed by atoms with E-state index in [4.69, 9.17) is 14.2 Å². The number of ether oxygens (including phenoxy) is 3. The van der Waals surface area contributed by atoms with E-state index in [0.29, 0.717) is 6.42 Å². The molecule has 0 saturated heterocycles. The Kier molecular flexibility index (Phi) is 33.0. The van der Waals surface area contributed by atoms with Gasteiger partial charge in [-0.2, -0.15) is 0 Å². The molecule has 0 aliphatic carbocycles. The second-order valence-electron chi connectivity index (χ2n) is 13.3. The van der Waals surface area contributed by atoms with Crippen LogP contribution in [0.4, 0.5) is 0 Å². The number of carbonyl (C=O) groups is 4. The summed E-state index contributed by atoms with van der Waals surface area (Å²) in [7, 11) is 0. The summed E-state index contributed by atoms with van der Waals surface area (Å²) in [5, 5.41) is 0. The van der Waals surface area contributed by atoms with E-state index in [1.807, 2.05) is 0 Å². The third-order valence-corrected chi connectivity index (χ3v) is 8.52. The van der Waals surface area contributed by atoms with E-state index in [1.54, 1.807) is 0 Å². The van der Waals surface area contributed by atoms with Gasteiger partial charge in [-0.05, 0) is 19.8 Å². The molecule has 0 fully saturated rings. The van der Waals surface area contributed by atoms with Crippen LogP contribution in [0.2, 0.25) is 0 Å². The summed E-state index contributed by atoms with van der Waals surface area (Å²) in [6.45, 7) is 5.42. The van der Waals surface area contributed by atoms with Crippen molar-refractivity contribution in [2.24, 2.45) is 0 Å². The first-order chi connectivity index (χ1) is 22.4. The Hall–Kier alpha value is -1.92. The third-order valence-electron chi connectivity index (χ3n) is 8.52. The number of hydrogen-bond acceptors (Lipinski definition) is 7. The van der Waals surface area contributed by atoms with Gasteiger partial charge in [-0.15, -0.1) is 0 Å². The maximum Gasteiger partial charge on any atom is 0.313 e. The molecule has 7 heteroatoms. The van der Waals surface area contributed by atoms with Gasteiger partial charge >= 0.3 is 17.9 Å². The summed E-state index contributed by atoms with van der Waals surface area (Å²) >= 11 is 0. The summed E-state index contributed by atoms with van der Waals surface area (Å²) in [6, 6.07) is 0. The van der Waals surface area contributed by atoms with Crippen LogP contribution in [0.3, 0.4) is 0 Å². The van der Waals surface area contributed by atoms with Crippen LogP contribution >= 0.6 is 0 Å². The first-order valence-corrected chi connectivity index (χ1v) is 19.4. The Balaban J connectivity index is 4.09. The lowest BCUT2D eigenvalue weighted by atomic mass is 10.0. The lowest BCUT2D eigenvalue weighted by Crippen LogP contribution is -2.31. The molecular weight excluding hydrogens is 580 g/mol. The molecule has 0 spiro atoms. The zero-order valence-corrected chi connectivity index (χ0v) is 30.4. The Morgan fingerprint density at radius 3 is 1.07 bits per heavy atom. The van der Waals surface area contributed by atoms with E-state index in [9.17, 15) is 19.2 Å². The first-order valence-electron chi connectivity index (χ1n) is 19.4. The smallest absolute Gasteiger partial charge is 0.313 e. The molecule has 0 amide bonds. The fraction of sp³-hybridized carbons (Fsp3) is 0.897. The Morgan fingerprint density at radius 1 is 0.413 bits per heavy atom. The van der Waals surface area contributed by atoms with Crippen LogP contribution in [0.15, 0.2) is 0 Å². The number of hydrogen-bond donors (Lipinski definition) is 0. The number of carbonyl (C=O) groups excluding carboxylic acids is 4. The molecule has 0 aromatic rings. The van der Waals surface area contributed by atoms with Gasteiger partial charge in [0.2, 0.25) is 0 Å². The number of ketones is 1. The van der Waals surface area contributed by atoms with E-state index < -0.39 is 12.1 Å². The SMILES string of the molecule is CCCCCCCCCCCCCCCC(=O)OCC(COC(=O)CC(C)=O)OC(=O)CCCCCCCCCCCCCCC. The van der Waals surface area contributed by atoms with E-state index in [-0.39, 0.29) is 43.8 Å². The first kappa shape index (κ1) is 44.1. The number of esters is 3. The predicted molar refractivity (Wildman–Crippen MR) is 188 cm³/mol. The minimum absolute atomic E-state index is 0.158. The number of rotatable bonds is 35. The van der Waals surface area contributed by atoms with Crippen molar-refractivity contribution >= 4 is 23.7 Å². The van der Waals surface area contributed by atoms with Gasteiger partial charge in [0, 0.05) is 12.8 Å². The van der Waals surface area contributed by atoms with Crippen LogP contribution in [0.5, 0.6) is 0 Å². The molecule has 7 nitrogen and oxygen atoms in total. The van der Waals surface area contributed by atoms with Crippen molar-refractivity contribution in [2.45, 2.75) is 213 Å². The van der Waals surface area contributed by atoms with Crippen molar-refractivity contribution in [2.75, 3.05) is 13.2 Å². The van der Waals surface area contributed by atoms with Crippen molar-refractivity contribution in [1.29, 1.82) is 0 Å². The van der Waals surface area contributed by atoms with Crippen LogP contribution in [-0.2, 0) is 33.4 Å². The molecule has 0 bridgehead atoms. The Bertz CT molecular complexity index is 736. The largest absolute Gasteiger partial charge is 0.462 e. The molecule has 0 aromatic heterocycles. The monoisotopic (exact) mass is 653 g/mol. The molecule has 0 radical (unpaired) electrons. The molecule has 0 aliphatic heterocycles. The van der Waals surface area contributed by atoms with Crippen molar-refractivity contribution in [3.63, 3.8) is 0 Å². The maximum atomic E-state index is 12.5. The number of Topliss-reactive ketones (excluding diaryl/α,β-unsaturated/α-hetero) is 1. The maximum absolute atomic E-state index is 12.5. The van der Waals surface area contributed by atoms with Gasteiger partial charge in [0.05, 0.1) is 0 Å². The highest BCUT2D eigenvalue weighted by Gasteiger charge is 2.20. The fourth-order valence-electron chi connectivity index (χ4n) is 5.63. The van der Waals surface area contributed by atoms with E-state index in [1.165, 1.54) is 135 Å². The zero-order valence-electron chi connectivity index (χ0n) is 30.4. The second-order valence-corrected chi connectivity index (χ2v) is 13.3. The molecule has 0 heterocycles. The summed E-state index contributed by atoms with van der Waals surface area (Å²) in [5.41, 5.74) is 0. The molecule has 46 heavy (non-hydrogen) atoms. The number of unbranched alkanes of at least 4 members (excludes halogenated alkanes) is 24. The fourth-order valence-corrected chi connectivity index (χ4v) is 5.63. The summed E-state index contributed by atoms with van der Waals surface area (Å²) in [5.74, 6) is -1.70. The minimum Gasteiger partial charge on any atom is -0.462 e. The summed E-state index contributed by atoms with van der Waals surface area (Å²) in [4.78, 5) is 47.8. The van der Waals surface area contributed by atoms with E-state index >= 15 is 0 Å². The van der Waals surface area contributed by atoms with Crippen LogP contribution in [0.1, 0.15) is 207 Å². The molecule has 0 aliphatic rings. The molecule has 0 aromatic carbocycles. The summed E-state index contributed by atoms with van der Waals surface area (Å²) in [6.07, 6.45) is 31.4. The Labute approximate surface area is 283 Å². The molecule has 1 unspecified atom stereocenters. The van der Waals surface area contributed by atoms with Crippen LogP contribution < -0.4 is 0 Å². The highest BCUT2D eigenvalue weighted by Crippen LogP contribution is 2.15. The molecule has 270 valence electrons. The lowest BCUT2D eigenvalue weighted by Gasteiger charge is -2.18. The standard InChI is InChI=1S/C39H72O7/c1-4-6-8-10-12-14-16-18-20-22-24-26-28-30-37(41)44-33-36(34-45-39(43)32-35(3)40)46-38(42)31-29-27-25-23-21-19-17-15-13-11-9-7-5-2/h36H,4-34H2,1-3H3. The van der Waals surface area contributed by atoms with Crippen molar-refractivity contribution in [1.82, 2.24) is 0 Å². The minimum atomic E-state index is -0.874. The van der Waals surface area contributed by atoms with Gasteiger partial charge in [-0.1, -0.05) is 168 Å². The second kappa shape index (κ2) is 34.4. The van der Waals surface area contributed by atoms with Crippen LogP contribution in [0.25, 0.3) is 0 Å². The van der Waals surface area contributed by atoms with E-state index in [2.05, 4.69) is 13.8 Å². The normalized spacial score (nSPS) is 11.7. The molecular formula is C39H72O7. The highest BCUT2D eigenvalue weighted by molar-refractivity contribution is 5.94.